The molecule has 2 aliphatic rings. The molecular weight excluding hydrogens is 324 g/mol. The van der Waals surface area contributed by atoms with Gasteiger partial charge in [0.2, 0.25) is 0 Å². The number of aliphatic imine (C=N–C) groups is 1. The Morgan fingerprint density at radius 2 is 1.88 bits per heavy atom. The summed E-state index contributed by atoms with van der Waals surface area (Å²) < 4.78 is 5.27. The van der Waals surface area contributed by atoms with Crippen molar-refractivity contribution >= 4 is 5.96 Å². The number of methoxy groups -OCH3 is 1. The highest BCUT2D eigenvalue weighted by Crippen LogP contribution is 2.28. The van der Waals surface area contributed by atoms with Crippen LogP contribution in [0.5, 0.6) is 5.75 Å². The molecule has 26 heavy (non-hydrogen) atoms. The van der Waals surface area contributed by atoms with E-state index in [1.807, 2.05) is 7.05 Å². The topological polar surface area (TPSA) is 40.1 Å². The average Bonchev–Trinajstić information content (AvgIpc) is 3.17. The number of nitrogens with one attached hydrogen (secondary N) is 1. The summed E-state index contributed by atoms with van der Waals surface area (Å²) in [4.78, 5) is 9.37. The van der Waals surface area contributed by atoms with Crippen molar-refractivity contribution in [3.05, 3.63) is 29.8 Å². The van der Waals surface area contributed by atoms with Gasteiger partial charge in [-0.25, -0.2) is 0 Å². The van der Waals surface area contributed by atoms with Crippen LogP contribution in [0.3, 0.4) is 0 Å². The van der Waals surface area contributed by atoms with Crippen LogP contribution < -0.4 is 10.1 Å². The third kappa shape index (κ3) is 4.91. The number of ether oxygens (including phenoxy) is 1. The zero-order chi connectivity index (χ0) is 18.4. The summed E-state index contributed by atoms with van der Waals surface area (Å²) in [5.74, 6) is 3.43. The molecule has 0 spiro atoms. The van der Waals surface area contributed by atoms with Crippen molar-refractivity contribution in [2.24, 2.45) is 10.9 Å². The first-order valence-electron chi connectivity index (χ1n) is 9.97. The predicted molar refractivity (Wildman–Crippen MR) is 108 cm³/mol. The number of rotatable bonds is 5. The van der Waals surface area contributed by atoms with Crippen molar-refractivity contribution in [2.75, 3.05) is 53.9 Å². The van der Waals surface area contributed by atoms with Gasteiger partial charge in [-0.15, -0.1) is 0 Å². The molecule has 1 unspecified atom stereocenters. The number of piperidine rings is 1. The van der Waals surface area contributed by atoms with Crippen molar-refractivity contribution in [1.29, 1.82) is 0 Å². The van der Waals surface area contributed by atoms with Gasteiger partial charge in [0.05, 0.1) is 7.11 Å². The highest BCUT2D eigenvalue weighted by Gasteiger charge is 2.26. The first-order valence-corrected chi connectivity index (χ1v) is 9.97. The number of likely N-dealkylation sites (tertiary alicyclic amines) is 2. The lowest BCUT2D eigenvalue weighted by Crippen LogP contribution is -2.41. The average molecular weight is 359 g/mol. The summed E-state index contributed by atoms with van der Waals surface area (Å²) in [6, 6.07) is 8.52. The highest BCUT2D eigenvalue weighted by molar-refractivity contribution is 5.80. The number of guanidine groups is 1. The Kier molecular flexibility index (Phi) is 6.78. The van der Waals surface area contributed by atoms with Gasteiger partial charge >= 0.3 is 0 Å². The molecule has 2 aliphatic heterocycles. The molecule has 0 bridgehead atoms. The summed E-state index contributed by atoms with van der Waals surface area (Å²) >= 11 is 0. The molecule has 1 N–H and O–H groups in total. The Morgan fingerprint density at radius 1 is 1.15 bits per heavy atom. The Hall–Kier alpha value is -1.75. The van der Waals surface area contributed by atoms with Crippen LogP contribution in [0.25, 0.3) is 0 Å². The van der Waals surface area contributed by atoms with E-state index in [1.54, 1.807) is 7.11 Å². The van der Waals surface area contributed by atoms with E-state index in [1.165, 1.54) is 44.3 Å². The highest BCUT2D eigenvalue weighted by atomic mass is 16.5. The van der Waals surface area contributed by atoms with Gasteiger partial charge in [-0.3, -0.25) is 4.99 Å². The summed E-state index contributed by atoms with van der Waals surface area (Å²) in [5, 5.41) is 3.60. The van der Waals surface area contributed by atoms with E-state index in [2.05, 4.69) is 51.4 Å². The minimum Gasteiger partial charge on any atom is -0.497 e. The lowest BCUT2D eigenvalue weighted by molar-refractivity contribution is 0.212. The molecule has 2 saturated heterocycles. The fourth-order valence-corrected chi connectivity index (χ4v) is 4.17. The largest absolute Gasteiger partial charge is 0.497 e. The second-order valence-electron chi connectivity index (χ2n) is 7.71. The number of benzene rings is 1. The first kappa shape index (κ1) is 19.0. The molecule has 3 rings (SSSR count). The van der Waals surface area contributed by atoms with Gasteiger partial charge in [0.15, 0.2) is 5.96 Å². The summed E-state index contributed by atoms with van der Waals surface area (Å²) in [6.45, 7) is 5.64. The second-order valence-corrected chi connectivity index (χ2v) is 7.71. The van der Waals surface area contributed by atoms with Crippen molar-refractivity contribution in [3.8, 4) is 5.75 Å². The van der Waals surface area contributed by atoms with E-state index in [-0.39, 0.29) is 0 Å². The third-order valence-electron chi connectivity index (χ3n) is 5.96. The van der Waals surface area contributed by atoms with Crippen LogP contribution >= 0.6 is 0 Å². The zero-order valence-electron chi connectivity index (χ0n) is 16.6. The van der Waals surface area contributed by atoms with Gasteiger partial charge in [0, 0.05) is 32.6 Å². The molecule has 5 nitrogen and oxygen atoms in total. The number of nitrogens with zero attached hydrogens (tertiary/aromatic N) is 3. The van der Waals surface area contributed by atoms with Crippen LogP contribution in [-0.4, -0.2) is 69.7 Å². The monoisotopic (exact) mass is 358 g/mol. The van der Waals surface area contributed by atoms with Gasteiger partial charge in [-0.2, -0.15) is 0 Å². The van der Waals surface area contributed by atoms with E-state index >= 15 is 0 Å². The maximum Gasteiger partial charge on any atom is 0.193 e. The molecule has 0 radical (unpaired) electrons. The molecule has 0 saturated carbocycles. The molecule has 1 atom stereocenters. The molecule has 0 aromatic heterocycles. The maximum atomic E-state index is 5.27. The van der Waals surface area contributed by atoms with Gasteiger partial charge in [-0.05, 0) is 69.4 Å². The zero-order valence-corrected chi connectivity index (χ0v) is 16.6. The Bertz CT molecular complexity index is 578. The summed E-state index contributed by atoms with van der Waals surface area (Å²) in [7, 11) is 5.84. The SMILES string of the molecule is CN=C(NCCC1CCN(C)CC1)N1CCC(c2ccc(OC)cc2)C1. The molecule has 1 aromatic carbocycles. The van der Waals surface area contributed by atoms with Gasteiger partial charge in [-0.1, -0.05) is 12.1 Å². The smallest absolute Gasteiger partial charge is 0.193 e. The molecule has 0 aliphatic carbocycles. The minimum absolute atomic E-state index is 0.577. The van der Waals surface area contributed by atoms with Crippen LogP contribution in [-0.2, 0) is 0 Å². The van der Waals surface area contributed by atoms with Crippen LogP contribution in [0.4, 0.5) is 0 Å². The van der Waals surface area contributed by atoms with Crippen LogP contribution in [0.1, 0.15) is 37.2 Å². The van der Waals surface area contributed by atoms with E-state index < -0.39 is 0 Å². The Morgan fingerprint density at radius 3 is 2.54 bits per heavy atom. The van der Waals surface area contributed by atoms with E-state index in [0.29, 0.717) is 5.92 Å². The molecule has 144 valence electrons. The van der Waals surface area contributed by atoms with E-state index in [9.17, 15) is 0 Å². The molecule has 1 aromatic rings. The summed E-state index contributed by atoms with van der Waals surface area (Å²) in [5.41, 5.74) is 1.40. The van der Waals surface area contributed by atoms with Gasteiger partial charge in [0.25, 0.3) is 0 Å². The third-order valence-corrected chi connectivity index (χ3v) is 5.96. The molecule has 0 amide bonds. The molecule has 5 heteroatoms. The van der Waals surface area contributed by atoms with Crippen LogP contribution in [0, 0.1) is 5.92 Å². The van der Waals surface area contributed by atoms with Crippen LogP contribution in [0.15, 0.2) is 29.3 Å². The van der Waals surface area contributed by atoms with Crippen molar-refractivity contribution in [3.63, 3.8) is 0 Å². The molecule has 2 heterocycles. The first-order chi connectivity index (χ1) is 12.7. The number of hydrogen-bond donors (Lipinski definition) is 1. The minimum atomic E-state index is 0.577. The Labute approximate surface area is 158 Å². The lowest BCUT2D eigenvalue weighted by Gasteiger charge is -2.29. The van der Waals surface area contributed by atoms with Crippen LogP contribution in [0.2, 0.25) is 0 Å². The standard InChI is InChI=1S/C21H34N4O/c1-22-21(23-12-8-17-9-13-24(2)14-10-17)25-15-11-19(16-25)18-4-6-20(26-3)7-5-18/h4-7,17,19H,8-16H2,1-3H3,(H,22,23). The predicted octanol–water partition coefficient (Wildman–Crippen LogP) is 2.79. The van der Waals surface area contributed by atoms with Gasteiger partial charge < -0.3 is 19.9 Å². The van der Waals surface area contributed by atoms with E-state index in [4.69, 9.17) is 4.74 Å². The Balaban J connectivity index is 1.45. The molecular formula is C21H34N4O. The maximum absolute atomic E-state index is 5.27. The van der Waals surface area contributed by atoms with Crippen molar-refractivity contribution < 1.29 is 4.74 Å². The van der Waals surface area contributed by atoms with Crippen molar-refractivity contribution in [1.82, 2.24) is 15.1 Å². The summed E-state index contributed by atoms with van der Waals surface area (Å²) in [6.07, 6.45) is 5.10. The number of hydrogen-bond acceptors (Lipinski definition) is 3. The quantitative estimate of drug-likeness (QED) is 0.649. The fraction of sp³-hybridized carbons (Fsp3) is 0.667. The van der Waals surface area contributed by atoms with E-state index in [0.717, 1.165) is 37.3 Å². The normalized spacial score (nSPS) is 22.7. The fourth-order valence-electron chi connectivity index (χ4n) is 4.17. The lowest BCUT2D eigenvalue weighted by atomic mass is 9.94. The van der Waals surface area contributed by atoms with Crippen molar-refractivity contribution in [2.45, 2.75) is 31.6 Å². The van der Waals surface area contributed by atoms with Gasteiger partial charge in [0.1, 0.15) is 5.75 Å². The molecule has 2 fully saturated rings. The second kappa shape index (κ2) is 9.26.